The molecule has 0 aromatic heterocycles. The van der Waals surface area contributed by atoms with E-state index in [0.29, 0.717) is 0 Å². The van der Waals surface area contributed by atoms with Gasteiger partial charge in [-0.1, -0.05) is 29.8 Å². The fraction of sp³-hybridized carbons (Fsp3) is 0.611. The minimum absolute atomic E-state index is 0.167. The number of hydrogen-bond donors (Lipinski definition) is 2. The molecule has 1 aromatic carbocycles. The highest BCUT2D eigenvalue weighted by atomic mass is 35.5. The van der Waals surface area contributed by atoms with E-state index in [9.17, 15) is 0 Å². The van der Waals surface area contributed by atoms with Crippen molar-refractivity contribution in [2.75, 3.05) is 53.0 Å². The van der Waals surface area contributed by atoms with Gasteiger partial charge >= 0.3 is 0 Å². The van der Waals surface area contributed by atoms with E-state index in [1.54, 1.807) is 0 Å². The van der Waals surface area contributed by atoms with Crippen LogP contribution < -0.4 is 10.6 Å². The van der Waals surface area contributed by atoms with Crippen molar-refractivity contribution in [2.24, 2.45) is 4.99 Å². The first kappa shape index (κ1) is 17.5. The molecule has 0 unspecified atom stereocenters. The molecule has 1 aliphatic carbocycles. The Balaban J connectivity index is 1.45. The summed E-state index contributed by atoms with van der Waals surface area (Å²) in [6.07, 6.45) is 2.35. The zero-order valence-corrected chi connectivity index (χ0v) is 15.1. The number of ether oxygens (including phenoxy) is 1. The van der Waals surface area contributed by atoms with Crippen molar-refractivity contribution in [3.8, 4) is 0 Å². The van der Waals surface area contributed by atoms with E-state index >= 15 is 0 Å². The number of morpholine rings is 1. The second kappa shape index (κ2) is 8.19. The monoisotopic (exact) mass is 350 g/mol. The molecule has 1 saturated carbocycles. The molecular formula is C18H27ClN4O. The lowest BCUT2D eigenvalue weighted by Crippen LogP contribution is -2.45. The van der Waals surface area contributed by atoms with Gasteiger partial charge < -0.3 is 15.4 Å². The van der Waals surface area contributed by atoms with E-state index < -0.39 is 0 Å². The largest absolute Gasteiger partial charge is 0.379 e. The van der Waals surface area contributed by atoms with Crippen molar-refractivity contribution in [3.63, 3.8) is 0 Å². The molecular weight excluding hydrogens is 324 g/mol. The van der Waals surface area contributed by atoms with Crippen LogP contribution in [0.2, 0.25) is 5.02 Å². The first-order valence-corrected chi connectivity index (χ1v) is 9.11. The van der Waals surface area contributed by atoms with Gasteiger partial charge in [0.1, 0.15) is 0 Å². The van der Waals surface area contributed by atoms with Crippen LogP contribution in [0.15, 0.2) is 29.3 Å². The van der Waals surface area contributed by atoms with Crippen LogP contribution in [0.3, 0.4) is 0 Å². The van der Waals surface area contributed by atoms with E-state index in [-0.39, 0.29) is 5.41 Å². The first-order chi connectivity index (χ1) is 11.7. The Bertz CT molecular complexity index is 568. The average molecular weight is 351 g/mol. The van der Waals surface area contributed by atoms with Gasteiger partial charge in [0.2, 0.25) is 0 Å². The predicted molar refractivity (Wildman–Crippen MR) is 99.0 cm³/mol. The van der Waals surface area contributed by atoms with E-state index in [4.69, 9.17) is 16.3 Å². The summed E-state index contributed by atoms with van der Waals surface area (Å²) in [6, 6.07) is 8.18. The SMILES string of the molecule is CN=C(NCCN1CCOCC1)NCC1(c2ccccc2Cl)CC1. The fourth-order valence-corrected chi connectivity index (χ4v) is 3.55. The molecule has 6 heteroatoms. The number of nitrogens with one attached hydrogen (secondary N) is 2. The molecule has 1 heterocycles. The van der Waals surface area contributed by atoms with Crippen LogP contribution in [0.25, 0.3) is 0 Å². The Hall–Kier alpha value is -1.30. The maximum absolute atomic E-state index is 6.38. The number of guanidine groups is 1. The summed E-state index contributed by atoms with van der Waals surface area (Å²) in [4.78, 5) is 6.75. The van der Waals surface area contributed by atoms with Crippen molar-refractivity contribution >= 4 is 17.6 Å². The topological polar surface area (TPSA) is 48.9 Å². The summed E-state index contributed by atoms with van der Waals surface area (Å²) in [6.45, 7) is 6.49. The quantitative estimate of drug-likeness (QED) is 0.607. The van der Waals surface area contributed by atoms with Crippen LogP contribution in [0.1, 0.15) is 18.4 Å². The van der Waals surface area contributed by atoms with Crippen molar-refractivity contribution in [1.29, 1.82) is 0 Å². The van der Waals surface area contributed by atoms with E-state index in [2.05, 4.69) is 32.7 Å². The Kier molecular flexibility index (Phi) is 5.98. The van der Waals surface area contributed by atoms with Gasteiger partial charge in [0.25, 0.3) is 0 Å². The highest BCUT2D eigenvalue weighted by molar-refractivity contribution is 6.31. The van der Waals surface area contributed by atoms with Gasteiger partial charge in [-0.05, 0) is 24.5 Å². The lowest BCUT2D eigenvalue weighted by atomic mass is 9.96. The number of nitrogens with zero attached hydrogens (tertiary/aromatic N) is 2. The number of aliphatic imine (C=N–C) groups is 1. The first-order valence-electron chi connectivity index (χ1n) is 8.73. The maximum Gasteiger partial charge on any atom is 0.191 e. The molecule has 0 atom stereocenters. The number of rotatable bonds is 6. The fourth-order valence-electron chi connectivity index (χ4n) is 3.21. The summed E-state index contributed by atoms with van der Waals surface area (Å²) >= 11 is 6.38. The van der Waals surface area contributed by atoms with Crippen LogP contribution in [-0.2, 0) is 10.2 Å². The minimum atomic E-state index is 0.167. The Morgan fingerprint density at radius 1 is 1.25 bits per heavy atom. The van der Waals surface area contributed by atoms with Crippen molar-refractivity contribution in [3.05, 3.63) is 34.9 Å². The van der Waals surface area contributed by atoms with E-state index in [1.165, 1.54) is 18.4 Å². The molecule has 1 aromatic rings. The molecule has 1 aliphatic heterocycles. The third kappa shape index (κ3) is 4.41. The van der Waals surface area contributed by atoms with Gasteiger partial charge in [0, 0.05) is 50.2 Å². The van der Waals surface area contributed by atoms with Gasteiger partial charge in [-0.2, -0.15) is 0 Å². The minimum Gasteiger partial charge on any atom is -0.379 e. The summed E-state index contributed by atoms with van der Waals surface area (Å²) in [7, 11) is 1.82. The van der Waals surface area contributed by atoms with Crippen molar-refractivity contribution < 1.29 is 4.74 Å². The predicted octanol–water partition coefficient (Wildman–Crippen LogP) is 1.87. The highest BCUT2D eigenvalue weighted by Gasteiger charge is 2.45. The van der Waals surface area contributed by atoms with Gasteiger partial charge in [-0.3, -0.25) is 9.89 Å². The molecule has 3 rings (SSSR count). The summed E-state index contributed by atoms with van der Waals surface area (Å²) in [5.41, 5.74) is 1.42. The highest BCUT2D eigenvalue weighted by Crippen LogP contribution is 2.49. The lowest BCUT2D eigenvalue weighted by molar-refractivity contribution is 0.0389. The van der Waals surface area contributed by atoms with Crippen LogP contribution in [0.4, 0.5) is 0 Å². The molecule has 0 amide bonds. The summed E-state index contributed by atoms with van der Waals surface area (Å²) in [5, 5.41) is 7.75. The smallest absolute Gasteiger partial charge is 0.191 e. The van der Waals surface area contributed by atoms with Crippen LogP contribution in [0, 0.1) is 0 Å². The Morgan fingerprint density at radius 2 is 2.00 bits per heavy atom. The Labute approximate surface area is 149 Å². The maximum atomic E-state index is 6.38. The molecule has 132 valence electrons. The van der Waals surface area contributed by atoms with Gasteiger partial charge in [0.05, 0.1) is 13.2 Å². The molecule has 0 radical (unpaired) electrons. The zero-order valence-electron chi connectivity index (χ0n) is 14.4. The molecule has 1 saturated heterocycles. The second-order valence-electron chi connectivity index (χ2n) is 6.57. The molecule has 5 nitrogen and oxygen atoms in total. The normalized spacial score (nSPS) is 20.7. The number of benzene rings is 1. The van der Waals surface area contributed by atoms with Crippen molar-refractivity contribution in [1.82, 2.24) is 15.5 Å². The third-order valence-corrected chi connectivity index (χ3v) is 5.27. The van der Waals surface area contributed by atoms with Crippen LogP contribution >= 0.6 is 11.6 Å². The molecule has 0 spiro atoms. The lowest BCUT2D eigenvalue weighted by Gasteiger charge is -2.27. The van der Waals surface area contributed by atoms with Gasteiger partial charge in [-0.15, -0.1) is 0 Å². The molecule has 2 aliphatic rings. The molecule has 24 heavy (non-hydrogen) atoms. The standard InChI is InChI=1S/C18H27ClN4O/c1-20-17(21-8-9-23-10-12-24-13-11-23)22-14-18(6-7-18)15-4-2-3-5-16(15)19/h2-5H,6-14H2,1H3,(H2,20,21,22). The average Bonchev–Trinajstić information content (AvgIpc) is 3.40. The summed E-state index contributed by atoms with van der Waals surface area (Å²) < 4.78 is 5.37. The molecule has 2 fully saturated rings. The van der Waals surface area contributed by atoms with Crippen molar-refractivity contribution in [2.45, 2.75) is 18.3 Å². The molecule has 2 N–H and O–H groups in total. The summed E-state index contributed by atoms with van der Waals surface area (Å²) in [5.74, 6) is 0.863. The zero-order chi connectivity index (χ0) is 16.8. The van der Waals surface area contributed by atoms with Crippen LogP contribution in [0.5, 0.6) is 0 Å². The Morgan fingerprint density at radius 3 is 2.67 bits per heavy atom. The number of halogens is 1. The van der Waals surface area contributed by atoms with Gasteiger partial charge in [-0.25, -0.2) is 0 Å². The molecule has 0 bridgehead atoms. The second-order valence-corrected chi connectivity index (χ2v) is 6.97. The van der Waals surface area contributed by atoms with Crippen LogP contribution in [-0.4, -0.2) is 63.8 Å². The van der Waals surface area contributed by atoms with E-state index in [1.807, 2.05) is 19.2 Å². The third-order valence-electron chi connectivity index (χ3n) is 4.94. The van der Waals surface area contributed by atoms with Gasteiger partial charge in [0.15, 0.2) is 5.96 Å². The van der Waals surface area contributed by atoms with E-state index in [0.717, 1.165) is 56.9 Å². The number of hydrogen-bond acceptors (Lipinski definition) is 3.